The van der Waals surface area contributed by atoms with E-state index in [4.69, 9.17) is 0 Å². The molecule has 114 valence electrons. The molecule has 1 aromatic heterocycles. The Morgan fingerprint density at radius 2 is 2.14 bits per heavy atom. The lowest BCUT2D eigenvalue weighted by atomic mass is 9.93. The van der Waals surface area contributed by atoms with E-state index in [-0.39, 0.29) is 6.03 Å². The second kappa shape index (κ2) is 5.04. The van der Waals surface area contributed by atoms with Crippen molar-refractivity contribution in [3.63, 3.8) is 0 Å². The molecular formula is C16H24N4O. The van der Waals surface area contributed by atoms with E-state index in [9.17, 15) is 4.79 Å². The van der Waals surface area contributed by atoms with Gasteiger partial charge in [0.15, 0.2) is 0 Å². The number of amides is 2. The van der Waals surface area contributed by atoms with Gasteiger partial charge in [-0.15, -0.1) is 0 Å². The molecule has 2 amide bonds. The fourth-order valence-electron chi connectivity index (χ4n) is 3.99. The maximum Gasteiger partial charge on any atom is 0.319 e. The van der Waals surface area contributed by atoms with E-state index in [1.165, 1.54) is 51.4 Å². The van der Waals surface area contributed by atoms with Crippen LogP contribution in [0.25, 0.3) is 0 Å². The average Bonchev–Trinajstić information content (AvgIpc) is 2.85. The van der Waals surface area contributed by atoms with Gasteiger partial charge in [-0.05, 0) is 56.3 Å². The first-order chi connectivity index (χ1) is 10.3. The summed E-state index contributed by atoms with van der Waals surface area (Å²) in [6, 6.07) is 0.447. The van der Waals surface area contributed by atoms with Gasteiger partial charge in [-0.3, -0.25) is 4.68 Å². The van der Waals surface area contributed by atoms with Gasteiger partial charge in [-0.1, -0.05) is 6.42 Å². The molecule has 1 spiro atoms. The van der Waals surface area contributed by atoms with E-state index >= 15 is 0 Å². The molecule has 3 aliphatic carbocycles. The van der Waals surface area contributed by atoms with Crippen LogP contribution in [0, 0.1) is 11.3 Å². The van der Waals surface area contributed by atoms with Gasteiger partial charge in [0.1, 0.15) is 0 Å². The lowest BCUT2D eigenvalue weighted by Gasteiger charge is -2.25. The third-order valence-electron chi connectivity index (χ3n) is 5.80. The number of rotatable bonds is 4. The highest BCUT2D eigenvalue weighted by atomic mass is 16.2. The predicted molar refractivity (Wildman–Crippen MR) is 81.1 cm³/mol. The number of hydrogen-bond acceptors (Lipinski definition) is 2. The molecule has 0 aliphatic heterocycles. The highest BCUT2D eigenvalue weighted by Crippen LogP contribution is 2.60. The van der Waals surface area contributed by atoms with Gasteiger partial charge < -0.3 is 10.6 Å². The highest BCUT2D eigenvalue weighted by molar-refractivity contribution is 5.88. The molecule has 5 nitrogen and oxygen atoms in total. The van der Waals surface area contributed by atoms with Gasteiger partial charge >= 0.3 is 6.03 Å². The molecule has 1 atom stereocenters. The van der Waals surface area contributed by atoms with Crippen LogP contribution in [0.4, 0.5) is 10.5 Å². The average molecular weight is 288 g/mol. The Balaban J connectivity index is 1.26. The fraction of sp³-hybridized carbons (Fsp3) is 0.750. The third-order valence-corrected chi connectivity index (χ3v) is 5.80. The Morgan fingerprint density at radius 3 is 2.86 bits per heavy atom. The molecule has 21 heavy (non-hydrogen) atoms. The van der Waals surface area contributed by atoms with E-state index in [1.807, 2.05) is 10.9 Å². The lowest BCUT2D eigenvalue weighted by molar-refractivity contribution is 0.247. The van der Waals surface area contributed by atoms with Crippen LogP contribution in [0.3, 0.4) is 0 Å². The van der Waals surface area contributed by atoms with Crippen molar-refractivity contribution in [2.24, 2.45) is 11.3 Å². The van der Waals surface area contributed by atoms with Crippen LogP contribution in [-0.4, -0.2) is 22.4 Å². The third kappa shape index (κ3) is 2.54. The van der Waals surface area contributed by atoms with Gasteiger partial charge in [0.05, 0.1) is 17.9 Å². The summed E-state index contributed by atoms with van der Waals surface area (Å²) in [5.41, 5.74) is 1.40. The number of hydrogen-bond donors (Lipinski definition) is 2. The zero-order valence-electron chi connectivity index (χ0n) is 12.5. The van der Waals surface area contributed by atoms with E-state index in [1.54, 1.807) is 6.20 Å². The molecule has 0 aromatic carbocycles. The minimum absolute atomic E-state index is 0.0918. The topological polar surface area (TPSA) is 59.0 Å². The zero-order chi connectivity index (χ0) is 14.3. The van der Waals surface area contributed by atoms with Gasteiger partial charge in [0.2, 0.25) is 0 Å². The van der Waals surface area contributed by atoms with Crippen LogP contribution in [-0.2, 0) is 0 Å². The quantitative estimate of drug-likeness (QED) is 0.893. The maximum absolute atomic E-state index is 12.0. The van der Waals surface area contributed by atoms with Crippen LogP contribution < -0.4 is 10.6 Å². The van der Waals surface area contributed by atoms with Gasteiger partial charge in [-0.2, -0.15) is 5.10 Å². The number of carbonyl (C=O) groups excluding carboxylic acids is 1. The van der Waals surface area contributed by atoms with Crippen LogP contribution >= 0.6 is 0 Å². The van der Waals surface area contributed by atoms with E-state index in [0.29, 0.717) is 17.4 Å². The number of urea groups is 1. The molecule has 0 bridgehead atoms. The normalized spacial score (nSPS) is 26.6. The van der Waals surface area contributed by atoms with Crippen LogP contribution in [0.1, 0.15) is 57.4 Å². The number of anilines is 1. The second-order valence-electron chi connectivity index (χ2n) is 7.08. The first-order valence-electron chi connectivity index (χ1n) is 8.34. The van der Waals surface area contributed by atoms with Crippen LogP contribution in [0.5, 0.6) is 0 Å². The van der Waals surface area contributed by atoms with E-state index < -0.39 is 0 Å². The number of nitrogens with one attached hydrogen (secondary N) is 2. The van der Waals surface area contributed by atoms with Crippen molar-refractivity contribution < 1.29 is 4.79 Å². The maximum atomic E-state index is 12.0. The minimum atomic E-state index is -0.0918. The van der Waals surface area contributed by atoms with Gasteiger partial charge in [-0.25, -0.2) is 4.79 Å². The Hall–Kier alpha value is -1.52. The molecule has 0 radical (unpaired) electrons. The molecule has 1 heterocycles. The van der Waals surface area contributed by atoms with Crippen LogP contribution in [0.2, 0.25) is 0 Å². The van der Waals surface area contributed by atoms with Crippen molar-refractivity contribution in [2.45, 2.75) is 57.4 Å². The molecule has 3 fully saturated rings. The van der Waals surface area contributed by atoms with E-state index in [2.05, 4.69) is 15.7 Å². The summed E-state index contributed by atoms with van der Waals surface area (Å²) in [6.07, 6.45) is 14.1. The van der Waals surface area contributed by atoms with Crippen molar-refractivity contribution in [3.8, 4) is 0 Å². The fourth-order valence-corrected chi connectivity index (χ4v) is 3.99. The molecule has 3 aliphatic rings. The first-order valence-corrected chi connectivity index (χ1v) is 8.34. The van der Waals surface area contributed by atoms with Crippen molar-refractivity contribution in [1.29, 1.82) is 0 Å². The molecule has 3 saturated carbocycles. The lowest BCUT2D eigenvalue weighted by Crippen LogP contribution is -2.34. The first kappa shape index (κ1) is 13.2. The number of carbonyl (C=O) groups is 1. The molecule has 0 saturated heterocycles. The second-order valence-corrected chi connectivity index (χ2v) is 7.08. The van der Waals surface area contributed by atoms with Gasteiger partial charge in [0, 0.05) is 12.7 Å². The monoisotopic (exact) mass is 288 g/mol. The van der Waals surface area contributed by atoms with Crippen LogP contribution in [0.15, 0.2) is 12.4 Å². The Bertz CT molecular complexity index is 530. The predicted octanol–water partition coefficient (Wildman–Crippen LogP) is 3.31. The Labute approximate surface area is 125 Å². The summed E-state index contributed by atoms with van der Waals surface area (Å²) in [4.78, 5) is 12.0. The van der Waals surface area contributed by atoms with Crippen molar-refractivity contribution >= 4 is 11.7 Å². The summed E-state index contributed by atoms with van der Waals surface area (Å²) in [7, 11) is 0. The van der Waals surface area contributed by atoms with Crippen molar-refractivity contribution in [1.82, 2.24) is 15.1 Å². The molecular weight excluding hydrogens is 264 g/mol. The summed E-state index contributed by atoms with van der Waals surface area (Å²) >= 11 is 0. The Morgan fingerprint density at radius 1 is 1.29 bits per heavy atom. The van der Waals surface area contributed by atoms with Crippen molar-refractivity contribution in [2.75, 3.05) is 11.9 Å². The molecule has 4 rings (SSSR count). The number of aromatic nitrogens is 2. The summed E-state index contributed by atoms with van der Waals surface area (Å²) in [5, 5.41) is 10.3. The Kier molecular flexibility index (Phi) is 3.16. The smallest absolute Gasteiger partial charge is 0.319 e. The zero-order valence-corrected chi connectivity index (χ0v) is 12.5. The summed E-state index contributed by atoms with van der Waals surface area (Å²) in [6.45, 7) is 0.822. The van der Waals surface area contributed by atoms with Crippen molar-refractivity contribution in [3.05, 3.63) is 12.4 Å². The largest absolute Gasteiger partial charge is 0.338 e. The molecule has 5 heteroatoms. The summed E-state index contributed by atoms with van der Waals surface area (Å²) < 4.78 is 1.98. The van der Waals surface area contributed by atoms with E-state index in [0.717, 1.165) is 12.2 Å². The number of nitrogens with zero attached hydrogens (tertiary/aromatic N) is 2. The summed E-state index contributed by atoms with van der Waals surface area (Å²) in [5.74, 6) is 0.695. The standard InChI is InChI=1S/C16H24N4O/c21-15(17-9-12-3-2-6-16(12)7-8-16)19-13-10-18-20(11-13)14-4-1-5-14/h10-12,14H,1-9H2,(H2,17,19,21). The highest BCUT2D eigenvalue weighted by Gasteiger charge is 2.51. The van der Waals surface area contributed by atoms with Gasteiger partial charge in [0.25, 0.3) is 0 Å². The minimum Gasteiger partial charge on any atom is -0.338 e. The molecule has 1 unspecified atom stereocenters. The molecule has 2 N–H and O–H groups in total. The molecule has 1 aromatic rings. The SMILES string of the molecule is O=C(NCC1CCCC12CC2)Nc1cnn(C2CCC2)c1.